The number of rotatable bonds is 7. The van der Waals surface area contributed by atoms with E-state index in [9.17, 15) is 0 Å². The highest BCUT2D eigenvalue weighted by atomic mass is 32.1. The Morgan fingerprint density at radius 1 is 0.305 bits per heavy atom. The molecule has 4 aromatic heterocycles. The van der Waals surface area contributed by atoms with E-state index in [1.165, 1.54) is 0 Å². The quantitative estimate of drug-likeness (QED) is 0.159. The summed E-state index contributed by atoms with van der Waals surface area (Å²) in [5.41, 5.74) is 14.6. The summed E-state index contributed by atoms with van der Waals surface area (Å²) in [5.74, 6) is 1.86. The first kappa shape index (κ1) is 34.4. The summed E-state index contributed by atoms with van der Waals surface area (Å²) in [4.78, 5) is 35.1. The van der Waals surface area contributed by atoms with Gasteiger partial charge in [-0.2, -0.15) is 0 Å². The van der Waals surface area contributed by atoms with Crippen LogP contribution >= 0.6 is 11.3 Å². The van der Waals surface area contributed by atoms with Crippen LogP contribution in [0.5, 0.6) is 0 Å². The monoisotopic (exact) mass is 773 g/mol. The molecule has 0 radical (unpaired) electrons. The molecule has 59 heavy (non-hydrogen) atoms. The molecule has 4 heterocycles. The third-order valence-electron chi connectivity index (χ3n) is 10.5. The lowest BCUT2D eigenvalue weighted by Gasteiger charge is -2.11. The number of thiophene rings is 1. The molecule has 0 amide bonds. The van der Waals surface area contributed by atoms with Crippen molar-refractivity contribution in [1.82, 2.24) is 34.9 Å². The van der Waals surface area contributed by atoms with Crippen molar-refractivity contribution in [2.45, 2.75) is 0 Å². The molecule has 0 atom stereocenters. The molecule has 7 aromatic carbocycles. The van der Waals surface area contributed by atoms with Gasteiger partial charge in [0.15, 0.2) is 17.5 Å². The Bertz CT molecular complexity index is 3330. The molecule has 0 spiro atoms. The summed E-state index contributed by atoms with van der Waals surface area (Å²) in [5, 5.41) is 0. The number of hydrogen-bond acceptors (Lipinski definition) is 8. The second-order valence-corrected chi connectivity index (χ2v) is 15.2. The first-order valence-electron chi connectivity index (χ1n) is 19.3. The largest absolute Gasteiger partial charge is 0.241 e. The predicted molar refractivity (Wildman–Crippen MR) is 239 cm³/mol. The van der Waals surface area contributed by atoms with Crippen molar-refractivity contribution < 1.29 is 0 Å². The normalized spacial score (nSPS) is 11.4. The number of nitrogens with zero attached hydrogens (tertiary/aromatic N) is 7. The average Bonchev–Trinajstić information content (AvgIpc) is 3.69. The molecule has 0 N–H and O–H groups in total. The van der Waals surface area contributed by atoms with E-state index in [2.05, 4.69) is 126 Å². The van der Waals surface area contributed by atoms with Crippen LogP contribution in [0.4, 0.5) is 0 Å². The molecule has 0 unspecified atom stereocenters. The van der Waals surface area contributed by atoms with E-state index in [0.717, 1.165) is 92.9 Å². The van der Waals surface area contributed by atoms with Gasteiger partial charge in [0.25, 0.3) is 0 Å². The zero-order valence-corrected chi connectivity index (χ0v) is 32.3. The van der Waals surface area contributed by atoms with Crippen LogP contribution in [0.2, 0.25) is 0 Å². The second kappa shape index (κ2) is 14.6. The van der Waals surface area contributed by atoms with Gasteiger partial charge in [-0.25, -0.2) is 34.9 Å². The maximum absolute atomic E-state index is 5.05. The molecule has 0 fully saturated rings. The van der Waals surface area contributed by atoms with Gasteiger partial charge in [-0.3, -0.25) is 0 Å². The van der Waals surface area contributed by atoms with Crippen molar-refractivity contribution in [3.63, 3.8) is 0 Å². The van der Waals surface area contributed by atoms with E-state index in [1.54, 1.807) is 17.7 Å². The molecule has 8 heteroatoms. The van der Waals surface area contributed by atoms with Crippen molar-refractivity contribution in [2.24, 2.45) is 0 Å². The molecular formula is C51H31N7S. The lowest BCUT2D eigenvalue weighted by atomic mass is 9.96. The molecule has 11 aromatic rings. The van der Waals surface area contributed by atoms with Crippen molar-refractivity contribution >= 4 is 42.9 Å². The van der Waals surface area contributed by atoms with Gasteiger partial charge in [0.2, 0.25) is 0 Å². The van der Waals surface area contributed by atoms with E-state index >= 15 is 0 Å². The summed E-state index contributed by atoms with van der Waals surface area (Å²) in [6.45, 7) is 0. The smallest absolute Gasteiger partial charge is 0.164 e. The average molecular weight is 774 g/mol. The highest BCUT2D eigenvalue weighted by Crippen LogP contribution is 2.38. The predicted octanol–water partition coefficient (Wildman–Crippen LogP) is 12.6. The molecule has 0 aliphatic heterocycles. The van der Waals surface area contributed by atoms with Crippen LogP contribution in [-0.4, -0.2) is 34.9 Å². The number of fused-ring (bicyclic) bond motifs is 4. The fraction of sp³-hybridized carbons (Fsp3) is 0. The summed E-state index contributed by atoms with van der Waals surface area (Å²) >= 11 is 1.58. The highest BCUT2D eigenvalue weighted by Gasteiger charge is 2.17. The van der Waals surface area contributed by atoms with Gasteiger partial charge < -0.3 is 0 Å². The summed E-state index contributed by atoms with van der Waals surface area (Å²) < 4.78 is 0.974. The van der Waals surface area contributed by atoms with Crippen LogP contribution in [0.15, 0.2) is 188 Å². The molecule has 0 aliphatic carbocycles. The maximum Gasteiger partial charge on any atom is 0.164 e. The highest BCUT2D eigenvalue weighted by molar-refractivity contribution is 7.25. The van der Waals surface area contributed by atoms with Crippen molar-refractivity contribution in [2.75, 3.05) is 0 Å². The van der Waals surface area contributed by atoms with Crippen molar-refractivity contribution in [1.29, 1.82) is 0 Å². The van der Waals surface area contributed by atoms with E-state index in [4.69, 9.17) is 29.9 Å². The molecule has 0 saturated carbocycles. The Morgan fingerprint density at radius 2 is 0.746 bits per heavy atom. The summed E-state index contributed by atoms with van der Waals surface area (Å²) in [7, 11) is 0. The standard InChI is InChI=1S/C51H31N7S/c1-3-12-32(13-4-1)33-24-26-35(27-25-33)49-56-48(34-14-5-2-6-15-34)57-50(58-49)41-21-11-19-39(30-41)37-17-9-16-36(28-37)38-18-10-20-40(29-38)44-47-45(53-31-52-44)46-51(59-47)55-43-23-8-7-22-42(43)54-46/h1-31H. The number of aromatic nitrogens is 7. The Balaban J connectivity index is 0.943. The molecule has 0 aliphatic rings. The SMILES string of the molecule is c1ccc(-c2ccc(-c3nc(-c4ccccc4)nc(-c4cccc(-c5cccc(-c6cccc(-c7ncnc8c7sc7nc9ccccc9nc78)c6)c5)c4)n3)cc2)cc1. The summed E-state index contributed by atoms with van der Waals surface area (Å²) in [6.07, 6.45) is 1.63. The van der Waals surface area contributed by atoms with Crippen molar-refractivity contribution in [3.05, 3.63) is 188 Å². The van der Waals surface area contributed by atoms with Gasteiger partial charge in [-0.1, -0.05) is 152 Å². The third-order valence-corrected chi connectivity index (χ3v) is 11.5. The summed E-state index contributed by atoms with van der Waals surface area (Å²) in [6, 6.07) is 62.4. The van der Waals surface area contributed by atoms with Gasteiger partial charge in [0, 0.05) is 22.3 Å². The van der Waals surface area contributed by atoms with E-state index in [0.29, 0.717) is 17.5 Å². The Hall–Kier alpha value is -7.81. The zero-order chi connectivity index (χ0) is 39.1. The van der Waals surface area contributed by atoms with E-state index in [-0.39, 0.29) is 0 Å². The van der Waals surface area contributed by atoms with Crippen LogP contribution in [0.1, 0.15) is 0 Å². The maximum atomic E-state index is 5.05. The van der Waals surface area contributed by atoms with Crippen molar-refractivity contribution in [3.8, 4) is 78.8 Å². The topological polar surface area (TPSA) is 90.2 Å². The third kappa shape index (κ3) is 6.57. The molecule has 0 saturated heterocycles. The van der Waals surface area contributed by atoms with Crippen LogP contribution in [0.3, 0.4) is 0 Å². The lowest BCUT2D eigenvalue weighted by molar-refractivity contribution is 1.07. The minimum Gasteiger partial charge on any atom is -0.241 e. The number of para-hydroxylation sites is 2. The Morgan fingerprint density at radius 3 is 1.39 bits per heavy atom. The number of hydrogen-bond donors (Lipinski definition) is 0. The lowest BCUT2D eigenvalue weighted by Crippen LogP contribution is -2.00. The zero-order valence-electron chi connectivity index (χ0n) is 31.4. The van der Waals surface area contributed by atoms with Gasteiger partial charge >= 0.3 is 0 Å². The van der Waals surface area contributed by atoms with Gasteiger partial charge in [-0.05, 0) is 63.7 Å². The van der Waals surface area contributed by atoms with E-state index < -0.39 is 0 Å². The fourth-order valence-electron chi connectivity index (χ4n) is 7.51. The fourth-order valence-corrected chi connectivity index (χ4v) is 8.60. The van der Waals surface area contributed by atoms with Gasteiger partial charge in [0.05, 0.1) is 21.4 Å². The molecule has 276 valence electrons. The van der Waals surface area contributed by atoms with E-state index in [1.807, 2.05) is 60.7 Å². The number of benzene rings is 7. The molecule has 11 rings (SSSR count). The van der Waals surface area contributed by atoms with Crippen LogP contribution in [0.25, 0.3) is 110 Å². The van der Waals surface area contributed by atoms with Crippen LogP contribution in [0, 0.1) is 0 Å². The first-order chi connectivity index (χ1) is 29.2. The minimum atomic E-state index is 0.614. The van der Waals surface area contributed by atoms with Gasteiger partial charge in [-0.15, -0.1) is 11.3 Å². The molecular weight excluding hydrogens is 743 g/mol. The molecule has 7 nitrogen and oxygen atoms in total. The first-order valence-corrected chi connectivity index (χ1v) is 20.1. The van der Waals surface area contributed by atoms with Gasteiger partial charge in [0.1, 0.15) is 22.2 Å². The molecule has 0 bridgehead atoms. The van der Waals surface area contributed by atoms with Crippen LogP contribution in [-0.2, 0) is 0 Å². The Kier molecular flexibility index (Phi) is 8.52. The minimum absolute atomic E-state index is 0.614. The second-order valence-electron chi connectivity index (χ2n) is 14.2. The van der Waals surface area contributed by atoms with Crippen LogP contribution < -0.4 is 0 Å². The Labute approximate surface area is 343 Å².